The molecule has 1 N–H and O–H groups in total. The second kappa shape index (κ2) is 4.63. The van der Waals surface area contributed by atoms with Crippen molar-refractivity contribution in [2.45, 2.75) is 25.3 Å². The number of aromatic nitrogens is 3. The van der Waals surface area contributed by atoms with E-state index in [9.17, 15) is 0 Å². The van der Waals surface area contributed by atoms with Crippen molar-refractivity contribution in [2.75, 3.05) is 6.54 Å². The highest BCUT2D eigenvalue weighted by Gasteiger charge is 2.35. The maximum Gasteiger partial charge on any atom is 0.246 e. The Morgan fingerprint density at radius 1 is 1.29 bits per heavy atom. The number of nitrogens with zero attached hydrogens (tertiary/aromatic N) is 3. The summed E-state index contributed by atoms with van der Waals surface area (Å²) < 4.78 is 5.48. The summed E-state index contributed by atoms with van der Waals surface area (Å²) in [5.74, 6) is 1.30. The number of nitrogens with one attached hydrogen (secondary N) is 1. The fourth-order valence-electron chi connectivity index (χ4n) is 2.86. The van der Waals surface area contributed by atoms with Crippen molar-refractivity contribution in [2.24, 2.45) is 0 Å². The topological polar surface area (TPSA) is 63.8 Å². The molecule has 5 nitrogen and oxygen atoms in total. The molecule has 4 rings (SSSR count). The van der Waals surface area contributed by atoms with Crippen LogP contribution >= 0.6 is 0 Å². The van der Waals surface area contributed by atoms with Crippen LogP contribution in [-0.2, 0) is 5.54 Å². The number of rotatable bonds is 2. The van der Waals surface area contributed by atoms with E-state index in [1.54, 1.807) is 6.20 Å². The number of fused-ring (bicyclic) bond motifs is 1. The van der Waals surface area contributed by atoms with Gasteiger partial charge in [-0.15, -0.1) is 0 Å². The first-order chi connectivity index (χ1) is 10.2. The minimum absolute atomic E-state index is 0.191. The highest BCUT2D eigenvalue weighted by atomic mass is 16.5. The van der Waals surface area contributed by atoms with E-state index in [1.807, 2.05) is 30.3 Å². The summed E-state index contributed by atoms with van der Waals surface area (Å²) in [5.41, 5.74) is 1.73. The summed E-state index contributed by atoms with van der Waals surface area (Å²) >= 11 is 0. The van der Waals surface area contributed by atoms with Crippen molar-refractivity contribution in [1.29, 1.82) is 0 Å². The summed E-state index contributed by atoms with van der Waals surface area (Å²) in [6.07, 6.45) is 3.95. The minimum Gasteiger partial charge on any atom is -0.337 e. The Morgan fingerprint density at radius 3 is 3.10 bits per heavy atom. The molecule has 0 saturated carbocycles. The average molecular weight is 280 g/mol. The second-order valence-corrected chi connectivity index (χ2v) is 5.70. The maximum absolute atomic E-state index is 5.48. The molecule has 1 atom stereocenters. The Hall–Kier alpha value is -2.27. The van der Waals surface area contributed by atoms with Gasteiger partial charge in [-0.25, -0.2) is 0 Å². The van der Waals surface area contributed by atoms with Gasteiger partial charge in [-0.3, -0.25) is 4.98 Å². The number of hydrogen-bond acceptors (Lipinski definition) is 5. The Kier molecular flexibility index (Phi) is 2.75. The van der Waals surface area contributed by atoms with Gasteiger partial charge in [0.05, 0.1) is 11.1 Å². The lowest BCUT2D eigenvalue weighted by atomic mass is 10.0. The standard InChI is InChI=1S/C16H16N4O/c1-16(7-3-9-18-16)15-19-14(20-21-15)12-5-6-13-11(10-12)4-2-8-17-13/h2,4-6,8,10,18H,3,7,9H2,1H3. The first-order valence-electron chi connectivity index (χ1n) is 7.19. The predicted octanol–water partition coefficient (Wildman–Crippen LogP) is 2.88. The molecule has 3 aromatic rings. The molecule has 1 aromatic carbocycles. The monoisotopic (exact) mass is 280 g/mol. The molecular weight excluding hydrogens is 264 g/mol. The van der Waals surface area contributed by atoms with Crippen LogP contribution in [0.5, 0.6) is 0 Å². The lowest BCUT2D eigenvalue weighted by Gasteiger charge is -2.18. The van der Waals surface area contributed by atoms with Gasteiger partial charge in [0.2, 0.25) is 11.7 Å². The van der Waals surface area contributed by atoms with Gasteiger partial charge < -0.3 is 9.84 Å². The summed E-state index contributed by atoms with van der Waals surface area (Å²) in [6, 6.07) is 9.97. The van der Waals surface area contributed by atoms with Crippen LogP contribution in [0.15, 0.2) is 41.1 Å². The van der Waals surface area contributed by atoms with Gasteiger partial charge in [0.1, 0.15) is 0 Å². The molecule has 3 heterocycles. The molecule has 0 amide bonds. The fourth-order valence-corrected chi connectivity index (χ4v) is 2.86. The zero-order chi connectivity index (χ0) is 14.3. The molecule has 0 radical (unpaired) electrons. The highest BCUT2D eigenvalue weighted by Crippen LogP contribution is 2.30. The van der Waals surface area contributed by atoms with Crippen LogP contribution in [0.25, 0.3) is 22.3 Å². The van der Waals surface area contributed by atoms with Crippen LogP contribution in [-0.4, -0.2) is 21.7 Å². The first kappa shape index (κ1) is 12.5. The fraction of sp³-hybridized carbons (Fsp3) is 0.312. The zero-order valence-electron chi connectivity index (χ0n) is 11.8. The van der Waals surface area contributed by atoms with E-state index < -0.39 is 0 Å². The minimum atomic E-state index is -0.191. The summed E-state index contributed by atoms with van der Waals surface area (Å²) in [6.45, 7) is 3.11. The first-order valence-corrected chi connectivity index (χ1v) is 7.19. The smallest absolute Gasteiger partial charge is 0.246 e. The van der Waals surface area contributed by atoms with E-state index in [2.05, 4.69) is 27.4 Å². The van der Waals surface area contributed by atoms with Crippen molar-refractivity contribution in [3.8, 4) is 11.4 Å². The second-order valence-electron chi connectivity index (χ2n) is 5.70. The van der Waals surface area contributed by atoms with Crippen molar-refractivity contribution in [3.05, 3.63) is 42.4 Å². The lowest BCUT2D eigenvalue weighted by Crippen LogP contribution is -2.33. The maximum atomic E-state index is 5.48. The normalized spacial score (nSPS) is 22.0. The lowest BCUT2D eigenvalue weighted by molar-refractivity contribution is 0.275. The van der Waals surface area contributed by atoms with E-state index in [0.717, 1.165) is 35.9 Å². The molecule has 106 valence electrons. The van der Waals surface area contributed by atoms with Crippen LogP contribution in [0.2, 0.25) is 0 Å². The third kappa shape index (κ3) is 2.10. The molecule has 1 aliphatic rings. The molecule has 0 spiro atoms. The largest absolute Gasteiger partial charge is 0.337 e. The Morgan fingerprint density at radius 2 is 2.24 bits per heavy atom. The third-order valence-electron chi connectivity index (χ3n) is 4.13. The van der Waals surface area contributed by atoms with Crippen LogP contribution in [0.1, 0.15) is 25.7 Å². The van der Waals surface area contributed by atoms with Gasteiger partial charge in [-0.2, -0.15) is 4.98 Å². The highest BCUT2D eigenvalue weighted by molar-refractivity contribution is 5.82. The van der Waals surface area contributed by atoms with E-state index >= 15 is 0 Å². The SMILES string of the molecule is CC1(c2nc(-c3ccc4ncccc4c3)no2)CCCN1. The number of hydrogen-bond donors (Lipinski definition) is 1. The summed E-state index contributed by atoms with van der Waals surface area (Å²) in [5, 5.41) is 8.65. The molecule has 1 unspecified atom stereocenters. The van der Waals surface area contributed by atoms with Gasteiger partial charge in [-0.05, 0) is 50.6 Å². The van der Waals surface area contributed by atoms with Crippen molar-refractivity contribution in [1.82, 2.24) is 20.4 Å². The molecule has 1 saturated heterocycles. The van der Waals surface area contributed by atoms with Gasteiger partial charge >= 0.3 is 0 Å². The molecule has 2 aromatic heterocycles. The zero-order valence-corrected chi connectivity index (χ0v) is 11.8. The van der Waals surface area contributed by atoms with Crippen molar-refractivity contribution < 1.29 is 4.52 Å². The Balaban J connectivity index is 1.73. The van der Waals surface area contributed by atoms with Crippen LogP contribution in [0.4, 0.5) is 0 Å². The van der Waals surface area contributed by atoms with Crippen molar-refractivity contribution >= 4 is 10.9 Å². The molecule has 1 aliphatic heterocycles. The summed E-state index contributed by atoms with van der Waals surface area (Å²) in [4.78, 5) is 8.90. The van der Waals surface area contributed by atoms with Gasteiger partial charge in [0.15, 0.2) is 0 Å². The van der Waals surface area contributed by atoms with Gasteiger partial charge in [-0.1, -0.05) is 11.2 Å². The van der Waals surface area contributed by atoms with Crippen molar-refractivity contribution in [3.63, 3.8) is 0 Å². The Bertz CT molecular complexity index is 790. The molecule has 0 aliphatic carbocycles. The van der Waals surface area contributed by atoms with Gasteiger partial charge in [0, 0.05) is 17.1 Å². The Labute approximate surface area is 122 Å². The van der Waals surface area contributed by atoms with E-state index in [4.69, 9.17) is 4.52 Å². The predicted molar refractivity (Wildman–Crippen MR) is 79.6 cm³/mol. The van der Waals surface area contributed by atoms with E-state index in [1.165, 1.54) is 0 Å². The summed E-state index contributed by atoms with van der Waals surface area (Å²) in [7, 11) is 0. The van der Waals surface area contributed by atoms with Crippen LogP contribution in [0.3, 0.4) is 0 Å². The number of benzene rings is 1. The number of pyridine rings is 1. The van der Waals surface area contributed by atoms with E-state index in [-0.39, 0.29) is 5.54 Å². The molecular formula is C16H16N4O. The molecule has 0 bridgehead atoms. The molecule has 1 fully saturated rings. The third-order valence-corrected chi connectivity index (χ3v) is 4.13. The molecule has 5 heteroatoms. The molecule has 21 heavy (non-hydrogen) atoms. The van der Waals surface area contributed by atoms with Crippen LogP contribution in [0, 0.1) is 0 Å². The average Bonchev–Trinajstić information content (AvgIpc) is 3.17. The van der Waals surface area contributed by atoms with Gasteiger partial charge in [0.25, 0.3) is 0 Å². The quantitative estimate of drug-likeness (QED) is 0.782. The van der Waals surface area contributed by atoms with Crippen LogP contribution < -0.4 is 5.32 Å². The van der Waals surface area contributed by atoms with E-state index in [0.29, 0.717) is 11.7 Å².